The molecule has 0 heterocycles. The molecule has 0 fully saturated rings. The molecule has 0 bridgehead atoms. The molecular formula is C16H14ClF2NO2. The van der Waals surface area contributed by atoms with Crippen molar-refractivity contribution >= 4 is 23.2 Å². The smallest absolute Gasteiger partial charge is 0.265 e. The summed E-state index contributed by atoms with van der Waals surface area (Å²) in [6.07, 6.45) is -0.932. The number of carbonyl (C=O) groups is 1. The van der Waals surface area contributed by atoms with Gasteiger partial charge >= 0.3 is 0 Å². The number of hydrogen-bond acceptors (Lipinski definition) is 2. The molecule has 0 radical (unpaired) electrons. The lowest BCUT2D eigenvalue weighted by Crippen LogP contribution is -2.31. The molecule has 116 valence electrons. The second-order valence-corrected chi connectivity index (χ2v) is 5.19. The molecule has 0 aliphatic rings. The maximum Gasteiger partial charge on any atom is 0.265 e. The molecule has 2 rings (SSSR count). The van der Waals surface area contributed by atoms with Gasteiger partial charge in [0, 0.05) is 5.02 Å². The summed E-state index contributed by atoms with van der Waals surface area (Å²) in [7, 11) is 0. The Morgan fingerprint density at radius 3 is 2.45 bits per heavy atom. The molecule has 2 aromatic rings. The molecule has 1 atom stereocenters. The normalized spacial score (nSPS) is 11.9. The fourth-order valence-corrected chi connectivity index (χ4v) is 2.06. The lowest BCUT2D eigenvalue weighted by molar-refractivity contribution is -0.122. The highest BCUT2D eigenvalue weighted by molar-refractivity contribution is 6.30. The maximum absolute atomic E-state index is 13.5. The third kappa shape index (κ3) is 3.74. The molecule has 0 spiro atoms. The molecule has 2 aromatic carbocycles. The standard InChI is InChI=1S/C16H14ClF2NO2/c1-9-8-11(17)6-7-14(9)22-10(2)16(21)20-15-12(18)4-3-5-13(15)19/h3-8,10H,1-2H3,(H,20,21). The quantitative estimate of drug-likeness (QED) is 0.908. The van der Waals surface area contributed by atoms with Gasteiger partial charge in [-0.2, -0.15) is 0 Å². The lowest BCUT2D eigenvalue weighted by atomic mass is 10.2. The highest BCUT2D eigenvalue weighted by Gasteiger charge is 2.19. The van der Waals surface area contributed by atoms with Crippen LogP contribution in [0.5, 0.6) is 5.75 Å². The minimum atomic E-state index is -0.932. The van der Waals surface area contributed by atoms with Crippen LogP contribution in [0.15, 0.2) is 36.4 Å². The molecule has 0 aliphatic carbocycles. The van der Waals surface area contributed by atoms with E-state index in [9.17, 15) is 13.6 Å². The second kappa shape index (κ2) is 6.75. The van der Waals surface area contributed by atoms with Crippen LogP contribution in [-0.4, -0.2) is 12.0 Å². The summed E-state index contributed by atoms with van der Waals surface area (Å²) < 4.78 is 32.5. The van der Waals surface area contributed by atoms with Gasteiger partial charge in [-0.05, 0) is 49.7 Å². The van der Waals surface area contributed by atoms with Gasteiger partial charge in [0.15, 0.2) is 6.10 Å². The van der Waals surface area contributed by atoms with E-state index >= 15 is 0 Å². The lowest BCUT2D eigenvalue weighted by Gasteiger charge is -2.16. The number of halogens is 3. The summed E-state index contributed by atoms with van der Waals surface area (Å²) in [6, 6.07) is 8.30. The Hall–Kier alpha value is -2.14. The van der Waals surface area contributed by atoms with Crippen molar-refractivity contribution in [1.29, 1.82) is 0 Å². The Morgan fingerprint density at radius 1 is 1.23 bits per heavy atom. The highest BCUT2D eigenvalue weighted by atomic mass is 35.5. The zero-order valence-corrected chi connectivity index (χ0v) is 12.7. The predicted molar refractivity (Wildman–Crippen MR) is 81.3 cm³/mol. The van der Waals surface area contributed by atoms with Crippen LogP contribution in [0, 0.1) is 18.6 Å². The van der Waals surface area contributed by atoms with Crippen LogP contribution >= 0.6 is 11.6 Å². The van der Waals surface area contributed by atoms with Crippen LogP contribution in [0.25, 0.3) is 0 Å². The second-order valence-electron chi connectivity index (χ2n) is 4.76. The van der Waals surface area contributed by atoms with E-state index in [-0.39, 0.29) is 0 Å². The van der Waals surface area contributed by atoms with Gasteiger partial charge in [0.25, 0.3) is 5.91 Å². The first-order valence-electron chi connectivity index (χ1n) is 6.56. The van der Waals surface area contributed by atoms with Crippen molar-refractivity contribution in [1.82, 2.24) is 0 Å². The van der Waals surface area contributed by atoms with Gasteiger partial charge < -0.3 is 10.1 Å². The third-order valence-electron chi connectivity index (χ3n) is 3.02. The SMILES string of the molecule is Cc1cc(Cl)ccc1OC(C)C(=O)Nc1c(F)cccc1F. The van der Waals surface area contributed by atoms with E-state index in [0.717, 1.165) is 17.7 Å². The topological polar surface area (TPSA) is 38.3 Å². The van der Waals surface area contributed by atoms with Crippen LogP contribution in [0.1, 0.15) is 12.5 Å². The average molecular weight is 326 g/mol. The summed E-state index contributed by atoms with van der Waals surface area (Å²) in [6.45, 7) is 3.27. The van der Waals surface area contributed by atoms with E-state index in [2.05, 4.69) is 5.32 Å². The summed E-state index contributed by atoms with van der Waals surface area (Å²) in [5.74, 6) is -1.87. The number of amides is 1. The molecule has 1 N–H and O–H groups in total. The van der Waals surface area contributed by atoms with E-state index in [0.29, 0.717) is 10.8 Å². The van der Waals surface area contributed by atoms with Crippen LogP contribution in [0.2, 0.25) is 5.02 Å². The molecule has 0 aliphatic heterocycles. The number of ether oxygens (including phenoxy) is 1. The van der Waals surface area contributed by atoms with Crippen LogP contribution in [-0.2, 0) is 4.79 Å². The minimum Gasteiger partial charge on any atom is -0.481 e. The number of anilines is 1. The van der Waals surface area contributed by atoms with E-state index < -0.39 is 29.3 Å². The van der Waals surface area contributed by atoms with Crippen molar-refractivity contribution in [2.24, 2.45) is 0 Å². The maximum atomic E-state index is 13.5. The number of hydrogen-bond donors (Lipinski definition) is 1. The van der Waals surface area contributed by atoms with Crippen molar-refractivity contribution in [2.75, 3.05) is 5.32 Å². The first-order chi connectivity index (χ1) is 10.4. The van der Waals surface area contributed by atoms with E-state index in [1.807, 2.05) is 0 Å². The summed E-state index contributed by atoms with van der Waals surface area (Å²) >= 11 is 5.84. The number of nitrogens with one attached hydrogen (secondary N) is 1. The molecule has 6 heteroatoms. The van der Waals surface area contributed by atoms with Crippen LogP contribution < -0.4 is 10.1 Å². The van der Waals surface area contributed by atoms with Crippen molar-refractivity contribution in [3.8, 4) is 5.75 Å². The van der Waals surface area contributed by atoms with E-state index in [1.165, 1.54) is 13.0 Å². The average Bonchev–Trinajstić information content (AvgIpc) is 2.45. The van der Waals surface area contributed by atoms with Gasteiger partial charge in [0.1, 0.15) is 23.1 Å². The van der Waals surface area contributed by atoms with Crippen molar-refractivity contribution in [3.63, 3.8) is 0 Å². The number of carbonyl (C=O) groups excluding carboxylic acids is 1. The molecule has 1 amide bonds. The Morgan fingerprint density at radius 2 is 1.86 bits per heavy atom. The molecule has 0 saturated heterocycles. The number of rotatable bonds is 4. The number of benzene rings is 2. The fourth-order valence-electron chi connectivity index (χ4n) is 1.83. The Labute approximate surface area is 131 Å². The monoisotopic (exact) mass is 325 g/mol. The van der Waals surface area contributed by atoms with Gasteiger partial charge in [0.2, 0.25) is 0 Å². The van der Waals surface area contributed by atoms with E-state index in [4.69, 9.17) is 16.3 Å². The Bertz CT molecular complexity index is 686. The van der Waals surface area contributed by atoms with E-state index in [1.54, 1.807) is 25.1 Å². The van der Waals surface area contributed by atoms with Crippen molar-refractivity contribution < 1.29 is 18.3 Å². The van der Waals surface area contributed by atoms with Gasteiger partial charge in [-0.15, -0.1) is 0 Å². The van der Waals surface area contributed by atoms with Crippen molar-refractivity contribution in [2.45, 2.75) is 20.0 Å². The molecule has 0 aromatic heterocycles. The Balaban J connectivity index is 2.09. The largest absolute Gasteiger partial charge is 0.481 e. The van der Waals surface area contributed by atoms with Crippen molar-refractivity contribution in [3.05, 3.63) is 58.6 Å². The number of aryl methyl sites for hydroxylation is 1. The van der Waals surface area contributed by atoms with Gasteiger partial charge in [0.05, 0.1) is 0 Å². The third-order valence-corrected chi connectivity index (χ3v) is 3.26. The summed E-state index contributed by atoms with van der Waals surface area (Å²) in [5.41, 5.74) is 0.264. The first-order valence-corrected chi connectivity index (χ1v) is 6.94. The highest BCUT2D eigenvalue weighted by Crippen LogP contribution is 2.23. The molecule has 3 nitrogen and oxygen atoms in total. The minimum absolute atomic E-state index is 0.473. The number of para-hydroxylation sites is 1. The molecular weight excluding hydrogens is 312 g/mol. The summed E-state index contributed by atoms with van der Waals surface area (Å²) in [4.78, 5) is 12.0. The summed E-state index contributed by atoms with van der Waals surface area (Å²) in [5, 5.41) is 2.74. The van der Waals surface area contributed by atoms with Crippen LogP contribution in [0.4, 0.5) is 14.5 Å². The predicted octanol–water partition coefficient (Wildman–Crippen LogP) is 4.33. The van der Waals surface area contributed by atoms with Crippen LogP contribution in [0.3, 0.4) is 0 Å². The zero-order chi connectivity index (χ0) is 16.3. The first kappa shape index (κ1) is 16.2. The van der Waals surface area contributed by atoms with Gasteiger partial charge in [-0.25, -0.2) is 8.78 Å². The Kier molecular flexibility index (Phi) is 4.98. The van der Waals surface area contributed by atoms with Gasteiger partial charge in [-0.3, -0.25) is 4.79 Å². The van der Waals surface area contributed by atoms with Gasteiger partial charge in [-0.1, -0.05) is 17.7 Å². The molecule has 22 heavy (non-hydrogen) atoms. The molecule has 0 saturated carbocycles. The molecule has 1 unspecified atom stereocenters. The zero-order valence-electron chi connectivity index (χ0n) is 12.0. The fraction of sp³-hybridized carbons (Fsp3) is 0.188.